The number of ether oxygens (including phenoxy) is 1. The minimum absolute atomic E-state index is 0.0359. The van der Waals surface area contributed by atoms with Crippen molar-refractivity contribution >= 4 is 0 Å². The maximum atomic E-state index is 9.11. The summed E-state index contributed by atoms with van der Waals surface area (Å²) < 4.78 is 5.78. The summed E-state index contributed by atoms with van der Waals surface area (Å²) in [5, 5.41) is 16.3. The molecule has 6 unspecified atom stereocenters. The lowest BCUT2D eigenvalue weighted by Gasteiger charge is -2.45. The maximum absolute atomic E-state index is 9.11. The molecule has 3 aliphatic heterocycles. The van der Waals surface area contributed by atoms with Crippen LogP contribution in [-0.4, -0.2) is 67.5 Å². The van der Waals surface area contributed by atoms with Crippen molar-refractivity contribution in [2.75, 3.05) is 26.7 Å². The van der Waals surface area contributed by atoms with E-state index in [4.69, 9.17) is 9.84 Å². The van der Waals surface area contributed by atoms with E-state index in [0.717, 1.165) is 25.9 Å². The second kappa shape index (κ2) is 6.23. The second-order valence-electron chi connectivity index (χ2n) is 6.17. The molecule has 0 aromatic heterocycles. The zero-order valence-corrected chi connectivity index (χ0v) is 12.3. The quantitative estimate of drug-likeness (QED) is 0.424. The number of fused-ring (bicyclic) bond motifs is 1. The van der Waals surface area contributed by atoms with Gasteiger partial charge in [-0.25, -0.2) is 5.43 Å². The lowest BCUT2D eigenvalue weighted by molar-refractivity contribution is -0.00147. The van der Waals surface area contributed by atoms with Gasteiger partial charge in [0, 0.05) is 19.0 Å². The van der Waals surface area contributed by atoms with Crippen LogP contribution in [0.4, 0.5) is 0 Å². The third kappa shape index (κ3) is 2.85. The fourth-order valence-electron chi connectivity index (χ4n) is 3.48. The summed E-state index contributed by atoms with van der Waals surface area (Å²) >= 11 is 0. The van der Waals surface area contributed by atoms with Gasteiger partial charge in [0.1, 0.15) is 0 Å². The Morgan fingerprint density at radius 1 is 1.35 bits per heavy atom. The number of hydrogen-bond donors (Lipinski definition) is 5. The average molecular weight is 285 g/mol. The van der Waals surface area contributed by atoms with E-state index in [9.17, 15) is 0 Å². The van der Waals surface area contributed by atoms with Gasteiger partial charge < -0.3 is 9.84 Å². The molecule has 3 aliphatic rings. The van der Waals surface area contributed by atoms with E-state index in [1.165, 1.54) is 0 Å². The van der Waals surface area contributed by atoms with Crippen molar-refractivity contribution in [2.24, 2.45) is 5.92 Å². The van der Waals surface area contributed by atoms with Gasteiger partial charge in [0.2, 0.25) is 0 Å². The van der Waals surface area contributed by atoms with Gasteiger partial charge in [-0.2, -0.15) is 0 Å². The number of rotatable bonds is 4. The number of hydrazine groups is 1. The average Bonchev–Trinajstić information content (AvgIpc) is 3.10. The lowest BCUT2D eigenvalue weighted by atomic mass is 9.99. The highest BCUT2D eigenvalue weighted by atomic mass is 16.5. The van der Waals surface area contributed by atoms with E-state index in [0.29, 0.717) is 18.2 Å². The number of aliphatic hydroxyl groups excluding tert-OH is 1. The normalized spacial score (nSPS) is 45.8. The van der Waals surface area contributed by atoms with Crippen molar-refractivity contribution < 1.29 is 9.84 Å². The Kier molecular flexibility index (Phi) is 4.56. The molecule has 0 aliphatic carbocycles. The van der Waals surface area contributed by atoms with Crippen LogP contribution >= 0.6 is 0 Å². The predicted octanol–water partition coefficient (Wildman–Crippen LogP) is -1.63. The maximum Gasteiger partial charge on any atom is 0.0811 e. The molecule has 116 valence electrons. The van der Waals surface area contributed by atoms with E-state index in [-0.39, 0.29) is 25.0 Å². The molecule has 0 spiro atoms. The molecule has 5 N–H and O–H groups in total. The van der Waals surface area contributed by atoms with Crippen LogP contribution in [0.2, 0.25) is 0 Å². The van der Waals surface area contributed by atoms with E-state index >= 15 is 0 Å². The van der Waals surface area contributed by atoms with Gasteiger partial charge in [0.15, 0.2) is 0 Å². The molecule has 0 bridgehead atoms. The van der Waals surface area contributed by atoms with E-state index in [1.807, 2.05) is 0 Å². The van der Waals surface area contributed by atoms with Crippen molar-refractivity contribution in [1.82, 2.24) is 26.4 Å². The Bertz CT molecular complexity index is 332. The fraction of sp³-hybridized carbons (Fsp3) is 1.00. The van der Waals surface area contributed by atoms with Crippen LogP contribution in [0.5, 0.6) is 0 Å². The minimum Gasteiger partial charge on any atom is -0.394 e. The molecule has 0 radical (unpaired) electrons. The monoisotopic (exact) mass is 285 g/mol. The van der Waals surface area contributed by atoms with Gasteiger partial charge in [-0.3, -0.25) is 21.0 Å². The molecule has 20 heavy (non-hydrogen) atoms. The smallest absolute Gasteiger partial charge is 0.0811 e. The molecule has 7 nitrogen and oxygen atoms in total. The highest BCUT2D eigenvalue weighted by molar-refractivity contribution is 4.95. The Morgan fingerprint density at radius 3 is 2.90 bits per heavy atom. The molecule has 3 rings (SSSR count). The van der Waals surface area contributed by atoms with E-state index in [1.54, 1.807) is 0 Å². The van der Waals surface area contributed by atoms with E-state index < -0.39 is 0 Å². The Balaban J connectivity index is 1.52. The molecular weight excluding hydrogens is 258 g/mol. The molecule has 0 saturated carbocycles. The van der Waals surface area contributed by atoms with Crippen molar-refractivity contribution in [3.8, 4) is 0 Å². The number of nitrogens with one attached hydrogen (secondary N) is 4. The predicted molar refractivity (Wildman–Crippen MR) is 75.5 cm³/mol. The van der Waals surface area contributed by atoms with Gasteiger partial charge >= 0.3 is 0 Å². The summed E-state index contributed by atoms with van der Waals surface area (Å²) in [6.45, 7) is 4.11. The van der Waals surface area contributed by atoms with Crippen LogP contribution in [0.25, 0.3) is 0 Å². The highest BCUT2D eigenvalue weighted by Gasteiger charge is 2.42. The molecular formula is C13H27N5O2. The summed E-state index contributed by atoms with van der Waals surface area (Å²) in [6.07, 6.45) is 3.23. The first-order chi connectivity index (χ1) is 9.69. The number of aliphatic hydroxyl groups is 1. The summed E-state index contributed by atoms with van der Waals surface area (Å²) in [7, 11) is 2.14. The summed E-state index contributed by atoms with van der Waals surface area (Å²) in [6, 6.07) is 0. The molecule has 0 amide bonds. The van der Waals surface area contributed by atoms with Crippen LogP contribution in [0, 0.1) is 5.92 Å². The number of nitrogens with zero attached hydrogens (tertiary/aromatic N) is 1. The first-order valence-electron chi connectivity index (χ1n) is 7.65. The van der Waals surface area contributed by atoms with Gasteiger partial charge in [-0.05, 0) is 26.8 Å². The van der Waals surface area contributed by atoms with Gasteiger partial charge in [-0.1, -0.05) is 0 Å². The summed E-state index contributed by atoms with van der Waals surface area (Å²) in [5.74, 6) is 0.492. The Hall–Kier alpha value is -0.280. The zero-order valence-electron chi connectivity index (χ0n) is 12.3. The first kappa shape index (κ1) is 14.6. The zero-order chi connectivity index (χ0) is 14.1. The molecule has 0 aromatic carbocycles. The van der Waals surface area contributed by atoms with Gasteiger partial charge in [0.25, 0.3) is 0 Å². The van der Waals surface area contributed by atoms with Gasteiger partial charge in [0.05, 0.1) is 37.3 Å². The van der Waals surface area contributed by atoms with Crippen molar-refractivity contribution in [2.45, 2.75) is 50.5 Å². The SMILES string of the molecule is CC1NC(NCC2CCC(CO)O2)C2CNNC2N1C. The lowest BCUT2D eigenvalue weighted by Crippen LogP contribution is -2.68. The number of hydrogen-bond acceptors (Lipinski definition) is 7. The van der Waals surface area contributed by atoms with Crippen molar-refractivity contribution in [1.29, 1.82) is 0 Å². The standard InChI is InChI=1S/C13H27N5O2/c1-8-16-12(11-6-15-17-13(11)18(8)2)14-5-9-3-4-10(7-19)20-9/h8-17,19H,3-7H2,1-2H3. The third-order valence-electron chi connectivity index (χ3n) is 4.86. The van der Waals surface area contributed by atoms with Crippen molar-refractivity contribution in [3.05, 3.63) is 0 Å². The molecule has 3 saturated heterocycles. The first-order valence-corrected chi connectivity index (χ1v) is 7.65. The molecule has 3 heterocycles. The van der Waals surface area contributed by atoms with Crippen LogP contribution in [0.3, 0.4) is 0 Å². The topological polar surface area (TPSA) is 80.8 Å². The highest BCUT2D eigenvalue weighted by Crippen LogP contribution is 2.22. The van der Waals surface area contributed by atoms with Crippen LogP contribution in [0.15, 0.2) is 0 Å². The van der Waals surface area contributed by atoms with Crippen LogP contribution in [-0.2, 0) is 4.74 Å². The molecule has 0 aromatic rings. The summed E-state index contributed by atoms with van der Waals surface area (Å²) in [5.41, 5.74) is 6.60. The van der Waals surface area contributed by atoms with Gasteiger partial charge in [-0.15, -0.1) is 0 Å². The Morgan fingerprint density at radius 2 is 2.15 bits per heavy atom. The molecule has 6 atom stereocenters. The molecule has 3 fully saturated rings. The van der Waals surface area contributed by atoms with Crippen LogP contribution in [0.1, 0.15) is 19.8 Å². The largest absolute Gasteiger partial charge is 0.394 e. The summed E-state index contributed by atoms with van der Waals surface area (Å²) in [4.78, 5) is 2.32. The second-order valence-corrected chi connectivity index (χ2v) is 6.17. The third-order valence-corrected chi connectivity index (χ3v) is 4.86. The fourth-order valence-corrected chi connectivity index (χ4v) is 3.48. The Labute approximate surface area is 120 Å². The van der Waals surface area contributed by atoms with E-state index in [2.05, 4.69) is 40.4 Å². The molecule has 7 heteroatoms. The van der Waals surface area contributed by atoms with Crippen molar-refractivity contribution in [3.63, 3.8) is 0 Å². The van der Waals surface area contributed by atoms with Crippen LogP contribution < -0.4 is 21.5 Å². The minimum atomic E-state index is 0.0359.